The molecule has 2 heterocycles. The summed E-state index contributed by atoms with van der Waals surface area (Å²) < 4.78 is 7.59. The number of fused-ring (bicyclic) bond motifs is 1. The highest BCUT2D eigenvalue weighted by Gasteiger charge is 2.30. The normalized spacial score (nSPS) is 13.6. The first-order chi connectivity index (χ1) is 15.7. The highest BCUT2D eigenvalue weighted by Crippen LogP contribution is 2.36. The van der Waals surface area contributed by atoms with E-state index in [1.165, 1.54) is 19.4 Å². The minimum Gasteiger partial charge on any atom is -0.492 e. The molecule has 1 saturated carbocycles. The number of imidazole rings is 1. The van der Waals surface area contributed by atoms with Gasteiger partial charge in [0.1, 0.15) is 11.3 Å². The van der Waals surface area contributed by atoms with Crippen molar-refractivity contribution in [3.63, 3.8) is 0 Å². The second-order valence-electron chi connectivity index (χ2n) is 8.02. The Hall–Kier alpha value is -3.64. The van der Waals surface area contributed by atoms with Crippen molar-refractivity contribution in [2.24, 2.45) is 5.92 Å². The quantitative estimate of drug-likeness (QED) is 0.245. The Morgan fingerprint density at radius 2 is 2.03 bits per heavy atom. The van der Waals surface area contributed by atoms with Crippen molar-refractivity contribution in [3.05, 3.63) is 36.3 Å². The highest BCUT2D eigenvalue weighted by atomic mass is 16.5. The molecule has 2 aromatic heterocycles. The van der Waals surface area contributed by atoms with Crippen LogP contribution in [0.1, 0.15) is 30.1 Å². The fourth-order valence-electron chi connectivity index (χ4n) is 3.49. The van der Waals surface area contributed by atoms with Crippen LogP contribution in [0.25, 0.3) is 11.0 Å². The number of methoxy groups -OCH3 is 1. The molecule has 5 N–H and O–H groups in total. The molecule has 0 radical (unpaired) electrons. The molecule has 3 aromatic rings. The first-order valence-corrected chi connectivity index (χ1v) is 10.6. The lowest BCUT2D eigenvalue weighted by molar-refractivity contribution is -0.117. The summed E-state index contributed by atoms with van der Waals surface area (Å²) in [5.41, 5.74) is 2.42. The molecule has 1 aliphatic rings. The molecule has 11 nitrogen and oxygen atoms in total. The Bertz CT molecular complexity index is 1220. The van der Waals surface area contributed by atoms with Gasteiger partial charge < -0.3 is 35.5 Å². The predicted molar refractivity (Wildman–Crippen MR) is 124 cm³/mol. The molecule has 1 aromatic carbocycles. The Labute approximate surface area is 190 Å². The Kier molecular flexibility index (Phi) is 5.96. The maximum atomic E-state index is 12.7. The van der Waals surface area contributed by atoms with E-state index in [0.717, 1.165) is 31.7 Å². The number of rotatable bonds is 8. The molecule has 172 valence electrons. The number of carbonyl (C=O) groups excluding carboxylic acids is 2. The predicted octanol–water partition coefficient (Wildman–Crippen LogP) is 0.511. The van der Waals surface area contributed by atoms with E-state index in [4.69, 9.17) is 4.74 Å². The summed E-state index contributed by atoms with van der Waals surface area (Å²) in [7, 11) is 2.57. The van der Waals surface area contributed by atoms with E-state index in [9.17, 15) is 19.8 Å². The summed E-state index contributed by atoms with van der Waals surface area (Å²) in [5, 5.41) is 27.2. The van der Waals surface area contributed by atoms with Crippen LogP contribution in [0.5, 0.6) is 5.75 Å². The van der Waals surface area contributed by atoms with Gasteiger partial charge >= 0.3 is 0 Å². The Morgan fingerprint density at radius 3 is 2.67 bits per heavy atom. The van der Waals surface area contributed by atoms with Gasteiger partial charge in [-0.25, -0.2) is 9.97 Å². The Morgan fingerprint density at radius 1 is 1.27 bits per heavy atom. The SMILES string of the molecule is BC(O)(O)NC(=O)c1cnc(NC(=O)C2CC2)cc1Nc1ccc2ncn(CC)c2c1OC. The van der Waals surface area contributed by atoms with Crippen LogP contribution in [-0.4, -0.2) is 57.3 Å². The number of anilines is 3. The molecule has 0 saturated heterocycles. The number of aliphatic hydroxyl groups is 2. The number of pyridine rings is 1. The Balaban J connectivity index is 1.75. The van der Waals surface area contributed by atoms with Crippen LogP contribution >= 0.6 is 0 Å². The lowest BCUT2D eigenvalue weighted by atomic mass is 10.0. The summed E-state index contributed by atoms with van der Waals surface area (Å²) in [5.74, 6) is -2.55. The lowest BCUT2D eigenvalue weighted by Crippen LogP contribution is -2.49. The summed E-state index contributed by atoms with van der Waals surface area (Å²) in [4.78, 5) is 33.4. The molecule has 1 fully saturated rings. The van der Waals surface area contributed by atoms with Gasteiger partial charge in [-0.05, 0) is 31.9 Å². The lowest BCUT2D eigenvalue weighted by Gasteiger charge is -2.20. The number of nitrogens with one attached hydrogen (secondary N) is 3. The van der Waals surface area contributed by atoms with Gasteiger partial charge in [0.2, 0.25) is 13.8 Å². The summed E-state index contributed by atoms with van der Waals surface area (Å²) >= 11 is 0. The van der Waals surface area contributed by atoms with Crippen LogP contribution in [0, 0.1) is 5.92 Å². The van der Waals surface area contributed by atoms with E-state index in [-0.39, 0.29) is 28.9 Å². The number of ether oxygens (including phenoxy) is 1. The number of aromatic nitrogens is 3. The van der Waals surface area contributed by atoms with E-state index in [0.29, 0.717) is 18.0 Å². The molecular weight excluding hydrogens is 427 g/mol. The molecular formula is C21H25BN6O5. The van der Waals surface area contributed by atoms with Gasteiger partial charge in [0, 0.05) is 24.7 Å². The molecule has 4 rings (SSSR count). The number of benzene rings is 1. The fraction of sp³-hybridized carbons (Fsp3) is 0.333. The van der Waals surface area contributed by atoms with Crippen LogP contribution < -0.4 is 20.7 Å². The zero-order valence-corrected chi connectivity index (χ0v) is 18.5. The van der Waals surface area contributed by atoms with Gasteiger partial charge in [0.05, 0.1) is 35.9 Å². The molecule has 0 unspecified atom stereocenters. The number of hydrogen-bond acceptors (Lipinski definition) is 8. The third kappa shape index (κ3) is 4.91. The van der Waals surface area contributed by atoms with Gasteiger partial charge in [-0.2, -0.15) is 0 Å². The number of amides is 2. The average molecular weight is 452 g/mol. The first kappa shape index (κ1) is 22.6. The third-order valence-electron chi connectivity index (χ3n) is 5.25. The second-order valence-corrected chi connectivity index (χ2v) is 8.02. The van der Waals surface area contributed by atoms with Gasteiger partial charge in [-0.15, -0.1) is 0 Å². The maximum absolute atomic E-state index is 12.7. The summed E-state index contributed by atoms with van der Waals surface area (Å²) in [6.07, 6.45) is 4.65. The molecule has 1 aliphatic carbocycles. The van der Waals surface area contributed by atoms with E-state index < -0.39 is 11.7 Å². The highest BCUT2D eigenvalue weighted by molar-refractivity contribution is 6.15. The zero-order valence-electron chi connectivity index (χ0n) is 18.5. The first-order valence-electron chi connectivity index (χ1n) is 10.6. The van der Waals surface area contributed by atoms with Gasteiger partial charge in [0.15, 0.2) is 11.6 Å². The fourth-order valence-corrected chi connectivity index (χ4v) is 3.49. The standard InChI is InChI=1S/C21H25BN6O5/c1-3-28-10-24-13-6-7-14(18(33-2)17(13)28)25-15-8-16(26-19(29)11-4-5-11)23-9-12(15)20(30)27-21(22,31)32/h6-11,31-32H,3-5,22H2,1-2H3,(H,27,30)(H2,23,25,26,29). The van der Waals surface area contributed by atoms with Crippen molar-refractivity contribution in [1.29, 1.82) is 0 Å². The summed E-state index contributed by atoms with van der Waals surface area (Å²) in [6, 6.07) is 5.10. The maximum Gasteiger partial charge on any atom is 0.258 e. The topological polar surface area (TPSA) is 151 Å². The number of carbonyl (C=O) groups is 2. The van der Waals surface area contributed by atoms with Crippen LogP contribution in [0.4, 0.5) is 17.2 Å². The van der Waals surface area contributed by atoms with Crippen LogP contribution in [0.2, 0.25) is 0 Å². The van der Waals surface area contributed by atoms with E-state index in [1.807, 2.05) is 17.6 Å². The third-order valence-corrected chi connectivity index (χ3v) is 5.25. The van der Waals surface area contributed by atoms with Crippen LogP contribution in [0.15, 0.2) is 30.7 Å². The molecule has 0 bridgehead atoms. The van der Waals surface area contributed by atoms with Crippen LogP contribution in [0.3, 0.4) is 0 Å². The van der Waals surface area contributed by atoms with E-state index in [2.05, 4.69) is 25.9 Å². The number of nitrogens with zero attached hydrogens (tertiary/aromatic N) is 3. The number of hydrogen-bond donors (Lipinski definition) is 5. The van der Waals surface area contributed by atoms with Crippen molar-refractivity contribution < 1.29 is 24.5 Å². The summed E-state index contributed by atoms with van der Waals surface area (Å²) in [6.45, 7) is 2.67. The number of aryl methyl sites for hydroxylation is 1. The van der Waals surface area contributed by atoms with Crippen molar-refractivity contribution in [3.8, 4) is 5.75 Å². The largest absolute Gasteiger partial charge is 0.492 e. The van der Waals surface area contributed by atoms with Gasteiger partial charge in [-0.3, -0.25) is 9.59 Å². The van der Waals surface area contributed by atoms with Crippen molar-refractivity contribution >= 4 is 47.9 Å². The smallest absolute Gasteiger partial charge is 0.258 e. The molecule has 12 heteroatoms. The molecule has 33 heavy (non-hydrogen) atoms. The average Bonchev–Trinajstić information content (AvgIpc) is 3.52. The molecule has 0 spiro atoms. The molecule has 0 aliphatic heterocycles. The second kappa shape index (κ2) is 8.72. The van der Waals surface area contributed by atoms with Crippen molar-refractivity contribution in [2.75, 3.05) is 17.7 Å². The minimum absolute atomic E-state index is 0.0208. The van der Waals surface area contributed by atoms with Crippen molar-refractivity contribution in [2.45, 2.75) is 32.1 Å². The zero-order chi connectivity index (χ0) is 23.8. The molecule has 2 amide bonds. The van der Waals surface area contributed by atoms with Gasteiger partial charge in [-0.1, -0.05) is 0 Å². The minimum atomic E-state index is -2.42. The van der Waals surface area contributed by atoms with Crippen LogP contribution in [-0.2, 0) is 11.3 Å². The van der Waals surface area contributed by atoms with Gasteiger partial charge in [0.25, 0.3) is 5.91 Å². The van der Waals surface area contributed by atoms with E-state index in [1.54, 1.807) is 12.4 Å². The van der Waals surface area contributed by atoms with E-state index >= 15 is 0 Å². The van der Waals surface area contributed by atoms with Crippen molar-refractivity contribution in [1.82, 2.24) is 19.9 Å². The monoisotopic (exact) mass is 452 g/mol. The molecule has 0 atom stereocenters.